The lowest BCUT2D eigenvalue weighted by Gasteiger charge is -2.19. The minimum atomic E-state index is -0.260. The fourth-order valence-electron chi connectivity index (χ4n) is 1.97. The van der Waals surface area contributed by atoms with Crippen LogP contribution in [-0.2, 0) is 0 Å². The number of aromatic nitrogens is 2. The molecule has 0 spiro atoms. The molecule has 114 valence electrons. The number of rotatable bonds is 7. The third-order valence-corrected chi connectivity index (χ3v) is 3.28. The Morgan fingerprint density at radius 3 is 2.76 bits per heavy atom. The van der Waals surface area contributed by atoms with Gasteiger partial charge in [-0.25, -0.2) is 4.98 Å². The molecule has 2 rings (SSSR count). The number of methoxy groups -OCH3 is 2. The summed E-state index contributed by atoms with van der Waals surface area (Å²) in [7, 11) is 3.07. The summed E-state index contributed by atoms with van der Waals surface area (Å²) in [6.45, 7) is 2.88. The highest BCUT2D eigenvalue weighted by atomic mass is 35.5. The van der Waals surface area contributed by atoms with Crippen molar-refractivity contribution in [1.29, 1.82) is 0 Å². The number of hydrogen-bond acceptors (Lipinski definition) is 6. The summed E-state index contributed by atoms with van der Waals surface area (Å²) < 4.78 is 15.6. The van der Waals surface area contributed by atoms with Gasteiger partial charge in [-0.15, -0.1) is 0 Å². The zero-order valence-corrected chi connectivity index (χ0v) is 13.0. The molecule has 2 heterocycles. The van der Waals surface area contributed by atoms with Crippen molar-refractivity contribution < 1.29 is 13.9 Å². The van der Waals surface area contributed by atoms with E-state index in [-0.39, 0.29) is 6.04 Å². The Hall–Kier alpha value is -1.79. The van der Waals surface area contributed by atoms with E-state index in [1.54, 1.807) is 25.6 Å². The monoisotopic (exact) mass is 311 g/mol. The van der Waals surface area contributed by atoms with Crippen LogP contribution in [0.25, 0.3) is 0 Å². The molecule has 0 aromatic carbocycles. The Kier molecular flexibility index (Phi) is 5.41. The van der Waals surface area contributed by atoms with E-state index in [4.69, 9.17) is 25.5 Å². The zero-order valence-electron chi connectivity index (χ0n) is 12.2. The SMILES string of the molecule is CCCNC(c1ccoc1Cl)c1ncc(OC)nc1OC. The molecule has 1 unspecified atom stereocenters. The average Bonchev–Trinajstić information content (AvgIpc) is 2.94. The second-order valence-corrected chi connectivity index (χ2v) is 4.69. The van der Waals surface area contributed by atoms with E-state index in [2.05, 4.69) is 22.2 Å². The predicted octanol–water partition coefficient (Wildman–Crippen LogP) is 2.83. The van der Waals surface area contributed by atoms with E-state index in [0.29, 0.717) is 22.7 Å². The van der Waals surface area contributed by atoms with Gasteiger partial charge in [0.25, 0.3) is 0 Å². The molecule has 21 heavy (non-hydrogen) atoms. The van der Waals surface area contributed by atoms with E-state index in [1.807, 2.05) is 0 Å². The molecule has 0 aliphatic rings. The molecule has 7 heteroatoms. The smallest absolute Gasteiger partial charge is 0.240 e. The summed E-state index contributed by atoms with van der Waals surface area (Å²) in [5.74, 6) is 0.781. The molecule has 0 radical (unpaired) electrons. The van der Waals surface area contributed by atoms with Gasteiger partial charge >= 0.3 is 0 Å². The number of hydrogen-bond donors (Lipinski definition) is 1. The summed E-state index contributed by atoms with van der Waals surface area (Å²) in [6, 6.07) is 1.55. The van der Waals surface area contributed by atoms with Crippen LogP contribution in [0.4, 0.5) is 0 Å². The van der Waals surface area contributed by atoms with Crippen LogP contribution in [-0.4, -0.2) is 30.7 Å². The van der Waals surface area contributed by atoms with Gasteiger partial charge in [0.05, 0.1) is 32.7 Å². The van der Waals surface area contributed by atoms with Crippen molar-refractivity contribution in [2.75, 3.05) is 20.8 Å². The second kappa shape index (κ2) is 7.28. The molecule has 0 amide bonds. The number of nitrogens with one attached hydrogen (secondary N) is 1. The first-order chi connectivity index (χ1) is 10.2. The van der Waals surface area contributed by atoms with Gasteiger partial charge in [-0.05, 0) is 30.6 Å². The molecule has 0 bridgehead atoms. The molecule has 2 aromatic heterocycles. The molecular formula is C14H18ClN3O3. The lowest BCUT2D eigenvalue weighted by atomic mass is 10.1. The first kappa shape index (κ1) is 15.6. The van der Waals surface area contributed by atoms with Crippen molar-refractivity contribution in [1.82, 2.24) is 15.3 Å². The lowest BCUT2D eigenvalue weighted by Crippen LogP contribution is -2.25. The largest absolute Gasteiger partial charge is 0.480 e. The third kappa shape index (κ3) is 3.46. The maximum Gasteiger partial charge on any atom is 0.240 e. The fraction of sp³-hybridized carbons (Fsp3) is 0.429. The maximum absolute atomic E-state index is 6.10. The van der Waals surface area contributed by atoms with Gasteiger partial charge in [-0.2, -0.15) is 4.98 Å². The van der Waals surface area contributed by atoms with Crippen molar-refractivity contribution in [2.24, 2.45) is 0 Å². The van der Waals surface area contributed by atoms with E-state index in [0.717, 1.165) is 18.5 Å². The summed E-state index contributed by atoms with van der Waals surface area (Å²) in [5, 5.41) is 3.70. The molecule has 2 aromatic rings. The fourth-order valence-corrected chi connectivity index (χ4v) is 2.19. The summed E-state index contributed by atoms with van der Waals surface area (Å²) in [4.78, 5) is 8.65. The van der Waals surface area contributed by atoms with Gasteiger partial charge in [-0.1, -0.05) is 6.92 Å². The minimum Gasteiger partial charge on any atom is -0.480 e. The first-order valence-electron chi connectivity index (χ1n) is 6.62. The Morgan fingerprint density at radius 2 is 2.19 bits per heavy atom. The van der Waals surface area contributed by atoms with Crippen LogP contribution in [0.15, 0.2) is 22.9 Å². The predicted molar refractivity (Wildman–Crippen MR) is 79.0 cm³/mol. The Labute approximate surface area is 128 Å². The molecule has 0 aliphatic carbocycles. The maximum atomic E-state index is 6.10. The Morgan fingerprint density at radius 1 is 1.38 bits per heavy atom. The van der Waals surface area contributed by atoms with Gasteiger partial charge in [0.2, 0.25) is 11.8 Å². The number of nitrogens with zero attached hydrogens (tertiary/aromatic N) is 2. The van der Waals surface area contributed by atoms with Crippen LogP contribution in [0.3, 0.4) is 0 Å². The molecule has 0 saturated heterocycles. The molecule has 0 aliphatic heterocycles. The first-order valence-corrected chi connectivity index (χ1v) is 7.00. The Bertz CT molecular complexity index is 589. The summed E-state index contributed by atoms with van der Waals surface area (Å²) in [6.07, 6.45) is 4.06. The summed E-state index contributed by atoms with van der Waals surface area (Å²) in [5.41, 5.74) is 1.43. The van der Waals surface area contributed by atoms with Crippen molar-refractivity contribution in [2.45, 2.75) is 19.4 Å². The van der Waals surface area contributed by atoms with E-state index >= 15 is 0 Å². The van der Waals surface area contributed by atoms with Crippen molar-refractivity contribution in [3.8, 4) is 11.8 Å². The molecule has 0 saturated carbocycles. The van der Waals surface area contributed by atoms with Crippen LogP contribution in [0.1, 0.15) is 30.6 Å². The standard InChI is InChI=1S/C14H18ClN3O3/c1-4-6-16-11(9-5-7-21-13(9)15)12-14(20-3)18-10(19-2)8-17-12/h5,7-8,11,16H,4,6H2,1-3H3. The van der Waals surface area contributed by atoms with Gasteiger partial charge in [0.15, 0.2) is 5.22 Å². The highest BCUT2D eigenvalue weighted by Crippen LogP contribution is 2.32. The van der Waals surface area contributed by atoms with Gasteiger partial charge < -0.3 is 19.2 Å². The quantitative estimate of drug-likeness (QED) is 0.848. The normalized spacial score (nSPS) is 12.2. The average molecular weight is 312 g/mol. The van der Waals surface area contributed by atoms with Crippen LogP contribution >= 0.6 is 11.6 Å². The lowest BCUT2D eigenvalue weighted by molar-refractivity contribution is 0.352. The van der Waals surface area contributed by atoms with Crippen LogP contribution in [0.2, 0.25) is 5.22 Å². The van der Waals surface area contributed by atoms with E-state index < -0.39 is 0 Å². The number of furan rings is 1. The summed E-state index contributed by atoms with van der Waals surface area (Å²) >= 11 is 6.10. The van der Waals surface area contributed by atoms with Crippen LogP contribution in [0, 0.1) is 0 Å². The van der Waals surface area contributed by atoms with Crippen LogP contribution in [0.5, 0.6) is 11.8 Å². The van der Waals surface area contributed by atoms with Gasteiger partial charge in [0, 0.05) is 5.56 Å². The van der Waals surface area contributed by atoms with Crippen LogP contribution < -0.4 is 14.8 Å². The molecule has 0 fully saturated rings. The van der Waals surface area contributed by atoms with E-state index in [1.165, 1.54) is 7.11 Å². The minimum absolute atomic E-state index is 0.260. The molecular weight excluding hydrogens is 294 g/mol. The van der Waals surface area contributed by atoms with Crippen molar-refractivity contribution in [3.63, 3.8) is 0 Å². The van der Waals surface area contributed by atoms with Gasteiger partial charge in [-0.3, -0.25) is 0 Å². The third-order valence-electron chi connectivity index (χ3n) is 2.98. The molecule has 1 N–H and O–H groups in total. The second-order valence-electron chi connectivity index (χ2n) is 4.34. The Balaban J connectivity index is 2.43. The topological polar surface area (TPSA) is 69.4 Å². The highest BCUT2D eigenvalue weighted by Gasteiger charge is 2.24. The number of halogens is 1. The van der Waals surface area contributed by atoms with Gasteiger partial charge in [0.1, 0.15) is 5.69 Å². The molecule has 1 atom stereocenters. The molecule has 6 nitrogen and oxygen atoms in total. The van der Waals surface area contributed by atoms with E-state index in [9.17, 15) is 0 Å². The van der Waals surface area contributed by atoms with Crippen molar-refractivity contribution >= 4 is 11.6 Å². The van der Waals surface area contributed by atoms with Crippen molar-refractivity contribution in [3.05, 3.63) is 35.0 Å². The zero-order chi connectivity index (χ0) is 15.2. The highest BCUT2D eigenvalue weighted by molar-refractivity contribution is 6.29. The number of ether oxygens (including phenoxy) is 2.